The van der Waals surface area contributed by atoms with Crippen LogP contribution < -0.4 is 0 Å². The highest BCUT2D eigenvalue weighted by Gasteiger charge is 2.13. The molecule has 0 aliphatic rings. The zero-order valence-electron chi connectivity index (χ0n) is 11.9. The molecule has 0 spiro atoms. The fourth-order valence-electron chi connectivity index (χ4n) is 2.42. The minimum absolute atomic E-state index is 0.497. The lowest BCUT2D eigenvalue weighted by atomic mass is 10.1. The molecule has 5 heteroatoms. The zero-order valence-corrected chi connectivity index (χ0v) is 13.4. The Morgan fingerprint density at radius 3 is 2.57 bits per heavy atom. The number of fused-ring (bicyclic) bond motifs is 1. The van der Waals surface area contributed by atoms with Crippen molar-refractivity contribution in [2.75, 3.05) is 0 Å². The lowest BCUT2D eigenvalue weighted by Gasteiger charge is -2.03. The first-order valence-electron chi connectivity index (χ1n) is 6.90. The molecule has 3 nitrogen and oxygen atoms in total. The summed E-state index contributed by atoms with van der Waals surface area (Å²) in [5, 5.41) is 11.7. The third-order valence-electron chi connectivity index (χ3n) is 3.47. The van der Waals surface area contributed by atoms with E-state index in [1.54, 1.807) is 12.1 Å². The molecule has 0 aliphatic heterocycles. The topological polar surface area (TPSA) is 50.4 Å². The normalized spacial score (nSPS) is 11.4. The van der Waals surface area contributed by atoms with Crippen LogP contribution in [0.2, 0.25) is 10.0 Å². The second-order valence-electron chi connectivity index (χ2n) is 5.02. The fourth-order valence-corrected chi connectivity index (χ4v) is 2.90. The predicted octanol–water partition coefficient (Wildman–Crippen LogP) is 5.43. The number of furan rings is 1. The fraction of sp³-hybridized carbons (Fsp3) is 0.0556. The van der Waals surface area contributed by atoms with Crippen molar-refractivity contribution in [1.29, 1.82) is 0 Å². The molecule has 23 heavy (non-hydrogen) atoms. The molecule has 2 aromatic carbocycles. The number of halogens is 2. The summed E-state index contributed by atoms with van der Waals surface area (Å²) in [5.41, 5.74) is 0.893. The van der Waals surface area contributed by atoms with Gasteiger partial charge in [-0.15, -0.1) is 0 Å². The van der Waals surface area contributed by atoms with Crippen LogP contribution in [0, 0.1) is 0 Å². The Balaban J connectivity index is 2.05. The summed E-state index contributed by atoms with van der Waals surface area (Å²) in [7, 11) is 0. The van der Waals surface area contributed by atoms with Crippen molar-refractivity contribution in [3.8, 4) is 0 Å². The van der Waals surface area contributed by atoms with E-state index in [4.69, 9.17) is 32.7 Å². The van der Waals surface area contributed by atoms with Gasteiger partial charge in [-0.05, 0) is 23.8 Å². The maximum atomic E-state index is 10.7. The monoisotopic (exact) mass is 346 g/mol. The highest BCUT2D eigenvalue weighted by molar-refractivity contribution is 6.35. The van der Waals surface area contributed by atoms with Crippen LogP contribution in [0.3, 0.4) is 0 Å². The number of hydrogen-bond acceptors (Lipinski definition) is 2. The SMILES string of the molecule is O=C(O)C=Cc1oc(Cc2ccc(Cl)cc2Cl)c2ccccc12. The molecule has 116 valence electrons. The van der Waals surface area contributed by atoms with Gasteiger partial charge in [0.15, 0.2) is 0 Å². The maximum absolute atomic E-state index is 10.7. The summed E-state index contributed by atoms with van der Waals surface area (Å²) in [6, 6.07) is 13.0. The Labute approximate surface area is 142 Å². The van der Waals surface area contributed by atoms with Crippen LogP contribution in [0.5, 0.6) is 0 Å². The maximum Gasteiger partial charge on any atom is 0.328 e. The third kappa shape index (κ3) is 3.41. The van der Waals surface area contributed by atoms with Gasteiger partial charge in [0.2, 0.25) is 0 Å². The summed E-state index contributed by atoms with van der Waals surface area (Å²) >= 11 is 12.1. The van der Waals surface area contributed by atoms with Crippen molar-refractivity contribution >= 4 is 46.0 Å². The van der Waals surface area contributed by atoms with E-state index in [0.29, 0.717) is 22.2 Å². The molecule has 3 rings (SSSR count). The van der Waals surface area contributed by atoms with E-state index in [-0.39, 0.29) is 0 Å². The molecule has 3 aromatic rings. The molecule has 1 aromatic heterocycles. The molecular formula is C18H12Cl2O3. The lowest BCUT2D eigenvalue weighted by molar-refractivity contribution is -0.131. The van der Waals surface area contributed by atoms with Crippen molar-refractivity contribution in [3.63, 3.8) is 0 Å². The number of carboxylic acids is 1. The smallest absolute Gasteiger partial charge is 0.328 e. The first-order chi connectivity index (χ1) is 11.0. The quantitative estimate of drug-likeness (QED) is 0.641. The largest absolute Gasteiger partial charge is 0.478 e. The number of benzene rings is 2. The summed E-state index contributed by atoms with van der Waals surface area (Å²) in [6.45, 7) is 0. The van der Waals surface area contributed by atoms with E-state index in [1.807, 2.05) is 30.3 Å². The van der Waals surface area contributed by atoms with Crippen molar-refractivity contribution < 1.29 is 14.3 Å². The van der Waals surface area contributed by atoms with Gasteiger partial charge in [0.1, 0.15) is 11.5 Å². The average Bonchev–Trinajstić information content (AvgIpc) is 2.86. The standard InChI is InChI=1S/C18H12Cl2O3/c19-12-6-5-11(15(20)10-12)9-17-14-4-2-1-3-13(14)16(23-17)7-8-18(21)22/h1-8,10H,9H2,(H,21,22). The summed E-state index contributed by atoms with van der Waals surface area (Å²) in [6.07, 6.45) is 3.01. The van der Waals surface area contributed by atoms with E-state index >= 15 is 0 Å². The van der Waals surface area contributed by atoms with Crippen molar-refractivity contribution in [3.05, 3.63) is 75.7 Å². The molecule has 0 saturated heterocycles. The molecule has 0 unspecified atom stereocenters. The van der Waals surface area contributed by atoms with E-state index in [0.717, 1.165) is 28.2 Å². The second-order valence-corrected chi connectivity index (χ2v) is 5.86. The average molecular weight is 347 g/mol. The van der Waals surface area contributed by atoms with Gasteiger partial charge in [-0.3, -0.25) is 0 Å². The van der Waals surface area contributed by atoms with E-state index in [1.165, 1.54) is 6.08 Å². The van der Waals surface area contributed by atoms with E-state index < -0.39 is 5.97 Å². The van der Waals surface area contributed by atoms with Gasteiger partial charge < -0.3 is 9.52 Å². The number of hydrogen-bond donors (Lipinski definition) is 1. The second kappa shape index (κ2) is 6.49. The molecule has 0 radical (unpaired) electrons. The highest BCUT2D eigenvalue weighted by atomic mass is 35.5. The Hall–Kier alpha value is -2.23. The lowest BCUT2D eigenvalue weighted by Crippen LogP contribution is -1.88. The predicted molar refractivity (Wildman–Crippen MR) is 92.2 cm³/mol. The minimum Gasteiger partial charge on any atom is -0.478 e. The molecular weight excluding hydrogens is 335 g/mol. The number of carboxylic acid groups (broad SMARTS) is 1. The molecule has 1 heterocycles. The molecule has 0 amide bonds. The number of aliphatic carboxylic acids is 1. The van der Waals surface area contributed by atoms with Crippen LogP contribution >= 0.6 is 23.2 Å². The van der Waals surface area contributed by atoms with Gasteiger partial charge in [0, 0.05) is 33.3 Å². The van der Waals surface area contributed by atoms with Crippen molar-refractivity contribution in [2.45, 2.75) is 6.42 Å². The van der Waals surface area contributed by atoms with Crippen LogP contribution in [0.15, 0.2) is 53.0 Å². The number of carbonyl (C=O) groups is 1. The van der Waals surface area contributed by atoms with Crippen LogP contribution in [0.25, 0.3) is 16.8 Å². The van der Waals surface area contributed by atoms with Gasteiger partial charge in [-0.1, -0.05) is 53.5 Å². The minimum atomic E-state index is -1.02. The molecule has 0 atom stereocenters. The zero-order chi connectivity index (χ0) is 16.4. The van der Waals surface area contributed by atoms with Crippen molar-refractivity contribution in [2.24, 2.45) is 0 Å². The van der Waals surface area contributed by atoms with Gasteiger partial charge >= 0.3 is 5.97 Å². The molecule has 0 bridgehead atoms. The molecule has 0 saturated carbocycles. The van der Waals surface area contributed by atoms with E-state index in [2.05, 4.69) is 0 Å². The van der Waals surface area contributed by atoms with Gasteiger partial charge in [-0.2, -0.15) is 0 Å². The van der Waals surface area contributed by atoms with Gasteiger partial charge in [-0.25, -0.2) is 4.79 Å². The van der Waals surface area contributed by atoms with E-state index in [9.17, 15) is 4.79 Å². The molecule has 0 fully saturated rings. The first kappa shape index (κ1) is 15.7. The summed E-state index contributed by atoms with van der Waals surface area (Å²) < 4.78 is 5.86. The Morgan fingerprint density at radius 2 is 1.87 bits per heavy atom. The highest BCUT2D eigenvalue weighted by Crippen LogP contribution is 2.31. The van der Waals surface area contributed by atoms with Crippen LogP contribution in [0.4, 0.5) is 0 Å². The van der Waals surface area contributed by atoms with Crippen molar-refractivity contribution in [1.82, 2.24) is 0 Å². The van der Waals surface area contributed by atoms with Crippen LogP contribution in [-0.4, -0.2) is 11.1 Å². The van der Waals surface area contributed by atoms with Gasteiger partial charge in [0.25, 0.3) is 0 Å². The van der Waals surface area contributed by atoms with Gasteiger partial charge in [0.05, 0.1) is 0 Å². The number of rotatable bonds is 4. The first-order valence-corrected chi connectivity index (χ1v) is 7.65. The molecule has 0 aliphatic carbocycles. The van der Waals surface area contributed by atoms with Crippen LogP contribution in [-0.2, 0) is 11.2 Å². The molecule has 1 N–H and O–H groups in total. The third-order valence-corrected chi connectivity index (χ3v) is 4.06. The summed E-state index contributed by atoms with van der Waals surface area (Å²) in [4.78, 5) is 10.7. The summed E-state index contributed by atoms with van der Waals surface area (Å²) in [5.74, 6) is 0.228. The Morgan fingerprint density at radius 1 is 1.13 bits per heavy atom. The van der Waals surface area contributed by atoms with Crippen LogP contribution in [0.1, 0.15) is 17.1 Å². The Bertz CT molecular complexity index is 910. The Kier molecular flexibility index (Phi) is 4.42.